The Morgan fingerprint density at radius 1 is 1.41 bits per heavy atom. The number of ether oxygens (including phenoxy) is 1. The molecule has 0 unspecified atom stereocenters. The number of benzene rings is 1. The molecule has 2 rings (SSSR count). The van der Waals surface area contributed by atoms with Crippen LogP contribution in [0.3, 0.4) is 0 Å². The normalized spacial score (nSPS) is 10.8. The number of hydrogen-bond acceptors (Lipinski definition) is 5. The second kappa shape index (κ2) is 7.55. The monoisotopic (exact) mass is 344 g/mol. The topological polar surface area (TPSA) is 51.2 Å². The summed E-state index contributed by atoms with van der Waals surface area (Å²) in [4.78, 5) is 16.9. The van der Waals surface area contributed by atoms with E-state index >= 15 is 0 Å². The minimum absolute atomic E-state index is 0.0973. The summed E-state index contributed by atoms with van der Waals surface area (Å²) in [6, 6.07) is 6.25. The van der Waals surface area contributed by atoms with Crippen molar-refractivity contribution in [1.82, 2.24) is 4.98 Å². The molecule has 0 fully saturated rings. The van der Waals surface area contributed by atoms with Crippen LogP contribution in [0.2, 0.25) is 0 Å². The van der Waals surface area contributed by atoms with Gasteiger partial charge in [0.25, 0.3) is 0 Å². The first kappa shape index (κ1) is 16.7. The predicted molar refractivity (Wildman–Crippen MR) is 85.9 cm³/mol. The van der Waals surface area contributed by atoms with E-state index in [1.54, 1.807) is 12.1 Å². The van der Waals surface area contributed by atoms with Gasteiger partial charge in [-0.3, -0.25) is 4.79 Å². The van der Waals surface area contributed by atoms with Gasteiger partial charge >= 0.3 is 6.61 Å². The van der Waals surface area contributed by atoms with Gasteiger partial charge in [0.05, 0.1) is 11.4 Å². The highest BCUT2D eigenvalue weighted by molar-refractivity contribution is 7.99. The molecule has 1 N–H and O–H groups in total. The SMILES string of the molecule is CSCC(=O)Nc1nc(-c2ccc(OC(F)F)cc2)c(C)s1. The predicted octanol–water partition coefficient (Wildman–Crippen LogP) is 4.02. The van der Waals surface area contributed by atoms with Crippen LogP contribution in [0, 0.1) is 6.92 Å². The third-order valence-electron chi connectivity index (χ3n) is 2.67. The fourth-order valence-electron chi connectivity index (χ4n) is 1.80. The molecule has 0 saturated carbocycles. The van der Waals surface area contributed by atoms with E-state index in [0.29, 0.717) is 16.6 Å². The number of thiazole rings is 1. The molecule has 22 heavy (non-hydrogen) atoms. The minimum atomic E-state index is -2.84. The summed E-state index contributed by atoms with van der Waals surface area (Å²) in [5, 5.41) is 3.26. The Morgan fingerprint density at radius 2 is 2.09 bits per heavy atom. The average Bonchev–Trinajstić information content (AvgIpc) is 2.80. The number of rotatable bonds is 6. The Labute approximate surface area is 134 Å². The van der Waals surface area contributed by atoms with Gasteiger partial charge in [-0.1, -0.05) is 0 Å². The molecule has 1 amide bonds. The molecule has 0 spiro atoms. The van der Waals surface area contributed by atoms with E-state index in [9.17, 15) is 13.6 Å². The smallest absolute Gasteiger partial charge is 0.387 e. The number of halogens is 2. The first-order valence-corrected chi connectivity index (χ1v) is 8.52. The van der Waals surface area contributed by atoms with E-state index < -0.39 is 6.61 Å². The number of carbonyl (C=O) groups excluding carboxylic acids is 1. The van der Waals surface area contributed by atoms with Crippen molar-refractivity contribution in [2.45, 2.75) is 13.5 Å². The molecule has 4 nitrogen and oxygen atoms in total. The number of hydrogen-bond donors (Lipinski definition) is 1. The van der Waals surface area contributed by atoms with Crippen LogP contribution in [0.1, 0.15) is 4.88 Å². The molecule has 1 aromatic heterocycles. The van der Waals surface area contributed by atoms with E-state index in [1.807, 2.05) is 13.2 Å². The molecule has 0 radical (unpaired) electrons. The third kappa shape index (κ3) is 4.41. The van der Waals surface area contributed by atoms with Crippen molar-refractivity contribution in [2.24, 2.45) is 0 Å². The van der Waals surface area contributed by atoms with Crippen molar-refractivity contribution < 1.29 is 18.3 Å². The minimum Gasteiger partial charge on any atom is -0.435 e. The van der Waals surface area contributed by atoms with Crippen LogP contribution < -0.4 is 10.1 Å². The molecule has 0 aliphatic carbocycles. The molecular formula is C14H14F2N2O2S2. The van der Waals surface area contributed by atoms with Gasteiger partial charge in [0, 0.05) is 10.4 Å². The Morgan fingerprint density at radius 3 is 2.68 bits per heavy atom. The highest BCUT2D eigenvalue weighted by Crippen LogP contribution is 2.31. The molecule has 2 aromatic rings. The standard InChI is InChI=1S/C14H14F2N2O2S2/c1-8-12(18-14(22-8)17-11(19)7-21-2)9-3-5-10(6-4-9)20-13(15)16/h3-6,13H,7H2,1-2H3,(H,17,18,19). The number of nitrogens with zero attached hydrogens (tertiary/aromatic N) is 1. The third-order valence-corrected chi connectivity index (χ3v) is 4.11. The van der Waals surface area contributed by atoms with Crippen LogP contribution >= 0.6 is 23.1 Å². The van der Waals surface area contributed by atoms with E-state index in [4.69, 9.17) is 0 Å². The fraction of sp³-hybridized carbons (Fsp3) is 0.286. The van der Waals surface area contributed by atoms with Gasteiger partial charge < -0.3 is 10.1 Å². The number of anilines is 1. The zero-order valence-electron chi connectivity index (χ0n) is 11.9. The Balaban J connectivity index is 2.15. The lowest BCUT2D eigenvalue weighted by Gasteiger charge is -2.05. The first-order valence-electron chi connectivity index (χ1n) is 6.31. The van der Waals surface area contributed by atoms with Crippen LogP contribution in [-0.4, -0.2) is 29.5 Å². The fourth-order valence-corrected chi connectivity index (χ4v) is 2.98. The summed E-state index contributed by atoms with van der Waals surface area (Å²) in [5.74, 6) is 0.363. The summed E-state index contributed by atoms with van der Waals surface area (Å²) < 4.78 is 28.6. The van der Waals surface area contributed by atoms with Gasteiger partial charge in [0.2, 0.25) is 5.91 Å². The van der Waals surface area contributed by atoms with Crippen LogP contribution in [0.25, 0.3) is 11.3 Å². The number of thioether (sulfide) groups is 1. The maximum Gasteiger partial charge on any atom is 0.387 e. The average molecular weight is 344 g/mol. The molecule has 1 heterocycles. The molecule has 1 aromatic carbocycles. The van der Waals surface area contributed by atoms with Gasteiger partial charge in [-0.25, -0.2) is 4.98 Å². The van der Waals surface area contributed by atoms with Crippen LogP contribution in [0.15, 0.2) is 24.3 Å². The van der Waals surface area contributed by atoms with E-state index in [1.165, 1.54) is 35.2 Å². The summed E-state index contributed by atoms with van der Waals surface area (Å²) in [5.41, 5.74) is 1.49. The number of alkyl halides is 2. The van der Waals surface area contributed by atoms with Gasteiger partial charge in [0.15, 0.2) is 5.13 Å². The molecular weight excluding hydrogens is 330 g/mol. The Hall–Kier alpha value is -1.67. The number of carbonyl (C=O) groups is 1. The van der Waals surface area contributed by atoms with Gasteiger partial charge in [0.1, 0.15) is 5.75 Å². The molecule has 8 heteroatoms. The largest absolute Gasteiger partial charge is 0.435 e. The molecule has 0 saturated heterocycles. The summed E-state index contributed by atoms with van der Waals surface area (Å²) in [7, 11) is 0. The maximum absolute atomic E-state index is 12.1. The van der Waals surface area contributed by atoms with Crippen molar-refractivity contribution in [2.75, 3.05) is 17.3 Å². The number of nitrogens with one attached hydrogen (secondary N) is 1. The van der Waals surface area contributed by atoms with Crippen LogP contribution in [-0.2, 0) is 4.79 Å². The van der Waals surface area contributed by atoms with Crippen molar-refractivity contribution in [1.29, 1.82) is 0 Å². The zero-order chi connectivity index (χ0) is 16.1. The zero-order valence-corrected chi connectivity index (χ0v) is 13.6. The maximum atomic E-state index is 12.1. The summed E-state index contributed by atoms with van der Waals surface area (Å²) in [6.07, 6.45) is 1.85. The first-order chi connectivity index (χ1) is 10.5. The van der Waals surface area contributed by atoms with Crippen molar-refractivity contribution in [3.05, 3.63) is 29.1 Å². The number of amides is 1. The molecule has 0 aliphatic rings. The number of aromatic nitrogens is 1. The highest BCUT2D eigenvalue weighted by atomic mass is 32.2. The van der Waals surface area contributed by atoms with E-state index in [0.717, 1.165) is 10.4 Å². The van der Waals surface area contributed by atoms with Crippen LogP contribution in [0.5, 0.6) is 5.75 Å². The summed E-state index contributed by atoms with van der Waals surface area (Å²) in [6.45, 7) is -0.953. The van der Waals surface area contributed by atoms with Crippen molar-refractivity contribution >= 4 is 34.1 Å². The Kier molecular flexibility index (Phi) is 5.73. The molecule has 0 aliphatic heterocycles. The number of aryl methyl sites for hydroxylation is 1. The van der Waals surface area contributed by atoms with Gasteiger partial charge in [-0.05, 0) is 37.4 Å². The van der Waals surface area contributed by atoms with E-state index in [2.05, 4.69) is 15.0 Å². The van der Waals surface area contributed by atoms with Gasteiger partial charge in [-0.15, -0.1) is 11.3 Å². The van der Waals surface area contributed by atoms with E-state index in [-0.39, 0.29) is 11.7 Å². The lowest BCUT2D eigenvalue weighted by Crippen LogP contribution is -2.13. The molecule has 0 atom stereocenters. The molecule has 0 bridgehead atoms. The van der Waals surface area contributed by atoms with Crippen LogP contribution in [0.4, 0.5) is 13.9 Å². The highest BCUT2D eigenvalue weighted by Gasteiger charge is 2.12. The Bertz CT molecular complexity index is 645. The van der Waals surface area contributed by atoms with Crippen molar-refractivity contribution in [3.8, 4) is 17.0 Å². The quantitative estimate of drug-likeness (QED) is 0.860. The van der Waals surface area contributed by atoms with Gasteiger partial charge in [-0.2, -0.15) is 20.5 Å². The second-order valence-corrected chi connectivity index (χ2v) is 6.38. The lowest BCUT2D eigenvalue weighted by molar-refractivity contribution is -0.113. The van der Waals surface area contributed by atoms with Crippen molar-refractivity contribution in [3.63, 3.8) is 0 Å². The summed E-state index contributed by atoms with van der Waals surface area (Å²) >= 11 is 2.81. The molecule has 118 valence electrons. The lowest BCUT2D eigenvalue weighted by atomic mass is 10.1. The second-order valence-electron chi connectivity index (χ2n) is 4.31.